The van der Waals surface area contributed by atoms with Crippen molar-refractivity contribution in [2.45, 2.75) is 97.4 Å². The maximum atomic E-state index is 13.8. The van der Waals surface area contributed by atoms with Crippen molar-refractivity contribution in [1.29, 1.82) is 0 Å². The van der Waals surface area contributed by atoms with Crippen LogP contribution in [0, 0.1) is 12.3 Å². The van der Waals surface area contributed by atoms with E-state index in [2.05, 4.69) is 20.4 Å². The Kier molecular flexibility index (Phi) is 11.6. The average molecular weight is 601 g/mol. The van der Waals surface area contributed by atoms with Gasteiger partial charge in [-0.2, -0.15) is 0 Å². The van der Waals surface area contributed by atoms with Crippen LogP contribution in [0.4, 0.5) is 0 Å². The lowest BCUT2D eigenvalue weighted by atomic mass is 9.85. The first-order chi connectivity index (χ1) is 19.8. The maximum absolute atomic E-state index is 13.8. The van der Waals surface area contributed by atoms with E-state index in [0.717, 1.165) is 21.7 Å². The van der Waals surface area contributed by atoms with E-state index in [-0.39, 0.29) is 43.2 Å². The Balaban J connectivity index is 1.62. The van der Waals surface area contributed by atoms with Gasteiger partial charge in [-0.25, -0.2) is 4.98 Å². The molecular formula is C31H44N4O6S. The number of methoxy groups -OCH3 is 1. The van der Waals surface area contributed by atoms with Gasteiger partial charge in [-0.05, 0) is 43.2 Å². The van der Waals surface area contributed by atoms with Gasteiger partial charge in [0.1, 0.15) is 12.1 Å². The summed E-state index contributed by atoms with van der Waals surface area (Å²) in [7, 11) is 1.34. The number of β-amino-alcohol motifs (C(OH)–C–C–N with tert-alkyl or cyclic N) is 1. The molecular weight excluding hydrogens is 556 g/mol. The second kappa shape index (κ2) is 14.7. The molecule has 1 fully saturated rings. The molecule has 3 rings (SSSR count). The zero-order valence-corrected chi connectivity index (χ0v) is 26.3. The number of benzene rings is 1. The number of carbonyl (C=O) groups excluding carboxylic acids is 4. The molecule has 0 saturated carbocycles. The van der Waals surface area contributed by atoms with Crippen molar-refractivity contribution in [2.75, 3.05) is 13.7 Å². The van der Waals surface area contributed by atoms with Gasteiger partial charge < -0.3 is 25.4 Å². The first kappa shape index (κ1) is 33.2. The normalized spacial score (nSPS) is 18.3. The first-order valence-electron chi connectivity index (χ1n) is 14.5. The van der Waals surface area contributed by atoms with Gasteiger partial charge in [-0.15, -0.1) is 11.3 Å². The molecule has 1 aliphatic rings. The van der Waals surface area contributed by atoms with Crippen LogP contribution < -0.4 is 10.6 Å². The summed E-state index contributed by atoms with van der Waals surface area (Å²) in [5.41, 5.74) is 4.13. The summed E-state index contributed by atoms with van der Waals surface area (Å²) in [6.45, 7) is 9.43. The minimum absolute atomic E-state index is 0.0180. The van der Waals surface area contributed by atoms with Crippen LogP contribution >= 0.6 is 11.3 Å². The SMILES string of the molecule is COC(=O)CCCCCC(=O)NC(C(=O)N1CC(O)CC1C(=O)NC(C)c1ccc(-c2scnc2C)cc1)C(C)(C)C. The second-order valence-corrected chi connectivity index (χ2v) is 12.9. The number of ether oxygens (including phenoxy) is 1. The van der Waals surface area contributed by atoms with Crippen LogP contribution in [-0.4, -0.2) is 70.5 Å². The molecule has 230 valence electrons. The van der Waals surface area contributed by atoms with Crippen LogP contribution in [-0.2, 0) is 23.9 Å². The number of carbonyl (C=O) groups is 4. The van der Waals surface area contributed by atoms with Gasteiger partial charge in [0, 0.05) is 25.8 Å². The molecule has 4 unspecified atom stereocenters. The fourth-order valence-electron chi connectivity index (χ4n) is 5.08. The van der Waals surface area contributed by atoms with Gasteiger partial charge in [-0.1, -0.05) is 51.5 Å². The molecule has 2 heterocycles. The summed E-state index contributed by atoms with van der Waals surface area (Å²) in [5, 5.41) is 16.3. The number of aromatic nitrogens is 1. The van der Waals surface area contributed by atoms with Crippen molar-refractivity contribution in [1.82, 2.24) is 20.5 Å². The number of likely N-dealkylation sites (tertiary alicyclic amines) is 1. The van der Waals surface area contributed by atoms with Crippen molar-refractivity contribution >= 4 is 35.0 Å². The summed E-state index contributed by atoms with van der Waals surface area (Å²) >= 11 is 1.58. The number of hydrogen-bond donors (Lipinski definition) is 3. The van der Waals surface area contributed by atoms with E-state index < -0.39 is 29.5 Å². The third-order valence-electron chi connectivity index (χ3n) is 7.57. The van der Waals surface area contributed by atoms with E-state index in [0.29, 0.717) is 25.7 Å². The summed E-state index contributed by atoms with van der Waals surface area (Å²) in [6, 6.07) is 5.89. The monoisotopic (exact) mass is 600 g/mol. The highest BCUT2D eigenvalue weighted by molar-refractivity contribution is 7.13. The fraction of sp³-hybridized carbons (Fsp3) is 0.581. The largest absolute Gasteiger partial charge is 0.469 e. The molecule has 1 aliphatic heterocycles. The minimum Gasteiger partial charge on any atom is -0.469 e. The molecule has 3 amide bonds. The molecule has 0 bridgehead atoms. The number of esters is 1. The summed E-state index contributed by atoms with van der Waals surface area (Å²) in [4.78, 5) is 58.0. The first-order valence-corrected chi connectivity index (χ1v) is 15.3. The molecule has 1 aromatic carbocycles. The molecule has 1 saturated heterocycles. The van der Waals surface area contributed by atoms with E-state index in [1.54, 1.807) is 11.3 Å². The van der Waals surface area contributed by atoms with Crippen molar-refractivity contribution in [3.63, 3.8) is 0 Å². The van der Waals surface area contributed by atoms with Crippen molar-refractivity contribution in [2.24, 2.45) is 5.41 Å². The number of aliphatic hydroxyl groups excluding tert-OH is 1. The standard InChI is InChI=1S/C31H44N4O6S/c1-19(21-12-14-22(15-13-21)27-20(2)32-18-42-27)33-29(39)24-16-23(36)17-35(24)30(40)28(31(3,4)5)34-25(37)10-8-7-9-11-26(38)41-6/h12-15,18-19,23-24,28,36H,7-11,16-17H2,1-6H3,(H,33,39)(H,34,37). The number of amides is 3. The smallest absolute Gasteiger partial charge is 0.305 e. The van der Waals surface area contributed by atoms with E-state index in [1.165, 1.54) is 12.0 Å². The lowest BCUT2D eigenvalue weighted by Gasteiger charge is -2.35. The molecule has 10 nitrogen and oxygen atoms in total. The predicted molar refractivity (Wildman–Crippen MR) is 161 cm³/mol. The molecule has 0 spiro atoms. The highest BCUT2D eigenvalue weighted by atomic mass is 32.1. The molecule has 0 aliphatic carbocycles. The van der Waals surface area contributed by atoms with E-state index in [4.69, 9.17) is 0 Å². The second-order valence-electron chi connectivity index (χ2n) is 12.0. The van der Waals surface area contributed by atoms with Crippen molar-refractivity contribution in [3.05, 3.63) is 41.0 Å². The Bertz CT molecular complexity index is 1240. The topological polar surface area (TPSA) is 138 Å². The predicted octanol–water partition coefficient (Wildman–Crippen LogP) is 3.91. The number of aliphatic hydroxyl groups is 1. The average Bonchev–Trinajstić information content (AvgIpc) is 3.55. The highest BCUT2D eigenvalue weighted by Gasteiger charge is 2.44. The molecule has 42 heavy (non-hydrogen) atoms. The van der Waals surface area contributed by atoms with Gasteiger partial charge in [-0.3, -0.25) is 19.2 Å². The number of thiazole rings is 1. The number of rotatable bonds is 12. The number of unbranched alkanes of at least 4 members (excludes halogenated alkanes) is 2. The Morgan fingerprint density at radius 1 is 1.10 bits per heavy atom. The third-order valence-corrected chi connectivity index (χ3v) is 8.55. The molecule has 3 N–H and O–H groups in total. The Morgan fingerprint density at radius 3 is 2.36 bits per heavy atom. The maximum Gasteiger partial charge on any atom is 0.305 e. The fourth-order valence-corrected chi connectivity index (χ4v) is 5.89. The Hall–Kier alpha value is -3.31. The van der Waals surface area contributed by atoms with Crippen LogP contribution in [0.2, 0.25) is 0 Å². The third kappa shape index (κ3) is 8.84. The molecule has 11 heteroatoms. The van der Waals surface area contributed by atoms with E-state index >= 15 is 0 Å². The van der Waals surface area contributed by atoms with Crippen LogP contribution in [0.5, 0.6) is 0 Å². The van der Waals surface area contributed by atoms with E-state index in [9.17, 15) is 24.3 Å². The quantitative estimate of drug-likeness (QED) is 0.248. The van der Waals surface area contributed by atoms with Gasteiger partial charge in [0.05, 0.1) is 35.3 Å². The molecule has 4 atom stereocenters. The van der Waals surface area contributed by atoms with Gasteiger partial charge in [0.25, 0.3) is 0 Å². The number of nitrogens with one attached hydrogen (secondary N) is 2. The lowest BCUT2D eigenvalue weighted by Crippen LogP contribution is -2.57. The summed E-state index contributed by atoms with van der Waals surface area (Å²) in [5.74, 6) is -1.29. The van der Waals surface area contributed by atoms with Crippen molar-refractivity contribution < 1.29 is 29.0 Å². The molecule has 0 radical (unpaired) electrons. The van der Waals surface area contributed by atoms with Gasteiger partial charge in [0.15, 0.2) is 0 Å². The van der Waals surface area contributed by atoms with Crippen molar-refractivity contribution in [3.8, 4) is 10.4 Å². The summed E-state index contributed by atoms with van der Waals surface area (Å²) < 4.78 is 4.63. The number of nitrogens with zero attached hydrogens (tertiary/aromatic N) is 2. The zero-order valence-electron chi connectivity index (χ0n) is 25.4. The number of hydrogen-bond acceptors (Lipinski definition) is 8. The molecule has 1 aromatic heterocycles. The Labute approximate surface area is 252 Å². The van der Waals surface area contributed by atoms with Crippen LogP contribution in [0.3, 0.4) is 0 Å². The number of aryl methyl sites for hydroxylation is 1. The molecule has 2 aromatic rings. The Morgan fingerprint density at radius 2 is 1.76 bits per heavy atom. The highest BCUT2D eigenvalue weighted by Crippen LogP contribution is 2.29. The van der Waals surface area contributed by atoms with Crippen LogP contribution in [0.15, 0.2) is 29.8 Å². The van der Waals surface area contributed by atoms with Gasteiger partial charge >= 0.3 is 5.97 Å². The summed E-state index contributed by atoms with van der Waals surface area (Å²) in [6.07, 6.45) is 1.68. The zero-order chi connectivity index (χ0) is 31.0. The van der Waals surface area contributed by atoms with Crippen LogP contribution in [0.1, 0.15) is 83.5 Å². The minimum atomic E-state index is -0.874. The van der Waals surface area contributed by atoms with Crippen LogP contribution in [0.25, 0.3) is 10.4 Å². The van der Waals surface area contributed by atoms with Gasteiger partial charge in [0.2, 0.25) is 17.7 Å². The lowest BCUT2D eigenvalue weighted by molar-refractivity contribution is -0.144. The van der Waals surface area contributed by atoms with E-state index in [1.807, 2.05) is 64.4 Å².